The molecule has 0 spiro atoms. The molecule has 1 aliphatic rings. The molecule has 39 heavy (non-hydrogen) atoms. The second-order valence-corrected chi connectivity index (χ2v) is 10.1. The number of benzene rings is 2. The fourth-order valence-electron chi connectivity index (χ4n) is 5.63. The summed E-state index contributed by atoms with van der Waals surface area (Å²) in [7, 11) is 0. The Kier molecular flexibility index (Phi) is 6.83. The van der Waals surface area contributed by atoms with E-state index in [0.717, 1.165) is 53.8 Å². The molecule has 3 heterocycles. The number of fused-ring (bicyclic) bond motifs is 1. The molecule has 2 N–H and O–H groups in total. The molecule has 6 rings (SSSR count). The fraction of sp³-hybridized carbons (Fsp3) is 0.345. The molecular formula is C29H30N8O2. The lowest BCUT2D eigenvalue weighted by atomic mass is 9.88. The third-order valence-corrected chi connectivity index (χ3v) is 7.54. The van der Waals surface area contributed by atoms with Crippen LogP contribution in [0.2, 0.25) is 0 Å². The van der Waals surface area contributed by atoms with Crippen LogP contribution in [0.4, 0.5) is 0 Å². The van der Waals surface area contributed by atoms with Crippen molar-refractivity contribution < 1.29 is 4.79 Å². The number of H-pyrrole nitrogens is 2. The molecule has 0 amide bonds. The zero-order chi connectivity index (χ0) is 26.8. The molecule has 1 saturated carbocycles. The topological polar surface area (TPSA) is 135 Å². The number of ketones is 1. The number of carbonyl (C=O) groups excluding carboxylic acids is 1. The first-order valence-electron chi connectivity index (χ1n) is 13.6. The van der Waals surface area contributed by atoms with Crippen molar-refractivity contribution in [3.8, 4) is 22.5 Å². The Morgan fingerprint density at radius 2 is 1.77 bits per heavy atom. The van der Waals surface area contributed by atoms with Crippen LogP contribution in [-0.4, -0.2) is 46.2 Å². The summed E-state index contributed by atoms with van der Waals surface area (Å²) in [4.78, 5) is 30.9. The summed E-state index contributed by atoms with van der Waals surface area (Å²) in [6.45, 7) is 2.43. The van der Waals surface area contributed by atoms with Gasteiger partial charge in [0.15, 0.2) is 11.5 Å². The van der Waals surface area contributed by atoms with E-state index in [1.807, 2.05) is 35.8 Å². The molecule has 1 aliphatic carbocycles. The Labute approximate surface area is 224 Å². The number of nitrogens with zero attached hydrogens (tertiary/aromatic N) is 6. The molecule has 2 aromatic carbocycles. The summed E-state index contributed by atoms with van der Waals surface area (Å²) in [6, 6.07) is 16.2. The predicted octanol–water partition coefficient (Wildman–Crippen LogP) is 5.05. The lowest BCUT2D eigenvalue weighted by molar-refractivity contribution is 0.0977. The summed E-state index contributed by atoms with van der Waals surface area (Å²) in [5.74, 6) is 1.57. The van der Waals surface area contributed by atoms with E-state index in [1.54, 1.807) is 0 Å². The van der Waals surface area contributed by atoms with E-state index in [-0.39, 0.29) is 23.0 Å². The molecule has 0 bridgehead atoms. The van der Waals surface area contributed by atoms with Gasteiger partial charge in [0.1, 0.15) is 16.9 Å². The van der Waals surface area contributed by atoms with Gasteiger partial charge in [-0.05, 0) is 41.2 Å². The molecule has 10 heteroatoms. The van der Waals surface area contributed by atoms with Gasteiger partial charge in [0, 0.05) is 24.4 Å². The molecule has 1 fully saturated rings. The van der Waals surface area contributed by atoms with Gasteiger partial charge in [-0.1, -0.05) is 74.7 Å². The van der Waals surface area contributed by atoms with Gasteiger partial charge in [0.05, 0.1) is 0 Å². The number of hydrogen-bond acceptors (Lipinski definition) is 7. The number of imidazole rings is 1. The van der Waals surface area contributed by atoms with E-state index in [4.69, 9.17) is 4.98 Å². The zero-order valence-corrected chi connectivity index (χ0v) is 21.9. The number of aromatic nitrogens is 8. The fourth-order valence-corrected chi connectivity index (χ4v) is 5.63. The summed E-state index contributed by atoms with van der Waals surface area (Å²) in [5, 5.41) is 21.2. The lowest BCUT2D eigenvalue weighted by Gasteiger charge is -2.22. The Balaban J connectivity index is 1.40. The first kappa shape index (κ1) is 24.8. The van der Waals surface area contributed by atoms with Gasteiger partial charge in [0.2, 0.25) is 5.82 Å². The van der Waals surface area contributed by atoms with Crippen molar-refractivity contribution in [3.05, 3.63) is 76.0 Å². The third-order valence-electron chi connectivity index (χ3n) is 7.54. The van der Waals surface area contributed by atoms with Crippen LogP contribution in [0.3, 0.4) is 0 Å². The molecule has 10 nitrogen and oxygen atoms in total. The second-order valence-electron chi connectivity index (χ2n) is 10.1. The van der Waals surface area contributed by atoms with Crippen molar-refractivity contribution in [3.63, 3.8) is 0 Å². The van der Waals surface area contributed by atoms with Crippen LogP contribution in [0, 0.1) is 0 Å². The Hall–Kier alpha value is -4.47. The molecule has 198 valence electrons. The average molecular weight is 523 g/mol. The maximum Gasteiger partial charge on any atom is 0.290 e. The van der Waals surface area contributed by atoms with Crippen LogP contribution in [-0.2, 0) is 6.54 Å². The highest BCUT2D eigenvalue weighted by atomic mass is 16.1. The van der Waals surface area contributed by atoms with Gasteiger partial charge in [-0.2, -0.15) is 10.3 Å². The SMILES string of the molecule is CCCC(=O)c1n[nH]c(=O)c2c1nc(C1CCCCC1)n2Cc1ccc(-c2ccccc2-c2nn[nH]n2)cc1. The molecular weight excluding hydrogens is 492 g/mol. The van der Waals surface area contributed by atoms with E-state index in [0.29, 0.717) is 36.2 Å². The molecule has 5 aromatic rings. The third kappa shape index (κ3) is 4.78. The van der Waals surface area contributed by atoms with E-state index < -0.39 is 0 Å². The zero-order valence-electron chi connectivity index (χ0n) is 21.9. The summed E-state index contributed by atoms with van der Waals surface area (Å²) >= 11 is 0. The van der Waals surface area contributed by atoms with E-state index in [1.165, 1.54) is 6.42 Å². The van der Waals surface area contributed by atoms with Crippen LogP contribution >= 0.6 is 0 Å². The number of hydrogen-bond donors (Lipinski definition) is 2. The van der Waals surface area contributed by atoms with Gasteiger partial charge >= 0.3 is 0 Å². The smallest absolute Gasteiger partial charge is 0.290 e. The largest absolute Gasteiger partial charge is 0.319 e. The van der Waals surface area contributed by atoms with Crippen LogP contribution in [0.5, 0.6) is 0 Å². The number of rotatable bonds is 8. The maximum absolute atomic E-state index is 13.1. The minimum absolute atomic E-state index is 0.0942. The second kappa shape index (κ2) is 10.7. The molecule has 0 atom stereocenters. The van der Waals surface area contributed by atoms with E-state index in [2.05, 4.69) is 55.1 Å². The van der Waals surface area contributed by atoms with Crippen LogP contribution in [0.25, 0.3) is 33.5 Å². The normalized spacial score (nSPS) is 14.2. The summed E-state index contributed by atoms with van der Waals surface area (Å²) in [5.41, 5.74) is 4.74. The minimum atomic E-state index is -0.321. The Bertz CT molecular complexity index is 1660. The quantitative estimate of drug-likeness (QED) is 0.272. The Morgan fingerprint density at radius 1 is 1.00 bits per heavy atom. The number of carbonyl (C=O) groups is 1. The van der Waals surface area contributed by atoms with Gasteiger partial charge < -0.3 is 4.57 Å². The van der Waals surface area contributed by atoms with Crippen LogP contribution in [0.1, 0.15) is 79.7 Å². The van der Waals surface area contributed by atoms with Crippen LogP contribution in [0.15, 0.2) is 53.3 Å². The van der Waals surface area contributed by atoms with Crippen molar-refractivity contribution in [2.45, 2.75) is 64.3 Å². The van der Waals surface area contributed by atoms with Crippen molar-refractivity contribution in [1.82, 2.24) is 40.4 Å². The van der Waals surface area contributed by atoms with Gasteiger partial charge in [-0.15, -0.1) is 10.2 Å². The first-order chi connectivity index (χ1) is 19.1. The van der Waals surface area contributed by atoms with Gasteiger partial charge in [-0.3, -0.25) is 9.59 Å². The lowest BCUT2D eigenvalue weighted by Crippen LogP contribution is -2.18. The number of tetrazole rings is 1. The van der Waals surface area contributed by atoms with Crippen LogP contribution < -0.4 is 5.56 Å². The number of aromatic amines is 2. The Morgan fingerprint density at radius 3 is 2.49 bits per heavy atom. The summed E-state index contributed by atoms with van der Waals surface area (Å²) in [6.07, 6.45) is 6.62. The first-order valence-corrected chi connectivity index (χ1v) is 13.6. The number of Topliss-reactive ketones (excluding diaryl/α,β-unsaturated/α-hetero) is 1. The van der Waals surface area contributed by atoms with Gasteiger partial charge in [0.25, 0.3) is 5.56 Å². The predicted molar refractivity (Wildman–Crippen MR) is 147 cm³/mol. The van der Waals surface area contributed by atoms with E-state index in [9.17, 15) is 9.59 Å². The highest BCUT2D eigenvalue weighted by Crippen LogP contribution is 2.35. The molecule has 0 aliphatic heterocycles. The monoisotopic (exact) mass is 522 g/mol. The highest BCUT2D eigenvalue weighted by molar-refractivity contribution is 6.04. The maximum atomic E-state index is 13.1. The van der Waals surface area contributed by atoms with Crippen molar-refractivity contribution in [2.75, 3.05) is 0 Å². The summed E-state index contributed by atoms with van der Waals surface area (Å²) < 4.78 is 2.01. The molecule has 3 aromatic heterocycles. The molecule has 0 saturated heterocycles. The highest BCUT2D eigenvalue weighted by Gasteiger charge is 2.27. The average Bonchev–Trinajstić information content (AvgIpc) is 3.64. The van der Waals surface area contributed by atoms with Gasteiger partial charge in [-0.25, -0.2) is 10.1 Å². The van der Waals surface area contributed by atoms with E-state index >= 15 is 0 Å². The number of nitrogens with one attached hydrogen (secondary N) is 2. The van der Waals surface area contributed by atoms with Crippen molar-refractivity contribution in [2.24, 2.45) is 0 Å². The van der Waals surface area contributed by atoms with Crippen molar-refractivity contribution in [1.29, 1.82) is 0 Å². The molecule has 0 unspecified atom stereocenters. The molecule has 0 radical (unpaired) electrons. The van der Waals surface area contributed by atoms with Crippen molar-refractivity contribution >= 4 is 16.8 Å². The standard InChI is InChI=1S/C29H30N8O2/c1-2-8-23(38)24-25-26(29(39)34-31-24)37(28(30-25)20-9-4-3-5-10-20)17-18-13-15-19(16-14-18)21-11-6-7-12-22(21)27-32-35-36-33-27/h6-7,11-16,20H,2-5,8-10,17H2,1H3,(H,34,39)(H,32,33,35,36). The minimum Gasteiger partial charge on any atom is -0.319 e.